The fourth-order valence-corrected chi connectivity index (χ4v) is 4.11. The Bertz CT molecular complexity index is 724. The third kappa shape index (κ3) is 4.19. The molecule has 0 bridgehead atoms. The molecule has 5 nitrogen and oxygen atoms in total. The third-order valence-electron chi connectivity index (χ3n) is 4.37. The fourth-order valence-electron chi connectivity index (χ4n) is 2.88. The van der Waals surface area contributed by atoms with Crippen molar-refractivity contribution < 1.29 is 29.6 Å². The molecule has 0 amide bonds. The summed E-state index contributed by atoms with van der Waals surface area (Å²) in [6, 6.07) is 13.4. The van der Waals surface area contributed by atoms with E-state index in [2.05, 4.69) is 0 Å². The molecule has 1 heterocycles. The Kier molecular flexibility index (Phi) is 6.16. The van der Waals surface area contributed by atoms with E-state index >= 15 is 0 Å². The number of aliphatic hydroxyl groups is 4. The van der Waals surface area contributed by atoms with E-state index in [9.17, 15) is 24.8 Å². The highest BCUT2D eigenvalue weighted by Crippen LogP contribution is 2.35. The Hall–Kier alpha value is -1.64. The molecule has 140 valence electrons. The van der Waals surface area contributed by atoms with Gasteiger partial charge in [0.2, 0.25) is 0 Å². The van der Waals surface area contributed by atoms with Gasteiger partial charge in [-0.05, 0) is 29.3 Å². The van der Waals surface area contributed by atoms with Crippen LogP contribution < -0.4 is 4.74 Å². The summed E-state index contributed by atoms with van der Waals surface area (Å²) in [7, 11) is 0. The number of benzene rings is 2. The number of rotatable bonds is 5. The van der Waals surface area contributed by atoms with E-state index in [-0.39, 0.29) is 12.4 Å². The monoisotopic (exact) mass is 380 g/mol. The van der Waals surface area contributed by atoms with Gasteiger partial charge in [0, 0.05) is 6.42 Å². The highest BCUT2D eigenvalue weighted by Gasteiger charge is 2.44. The van der Waals surface area contributed by atoms with E-state index in [1.54, 1.807) is 24.3 Å². The molecule has 0 saturated carbocycles. The van der Waals surface area contributed by atoms with Crippen molar-refractivity contribution in [2.75, 3.05) is 6.61 Å². The van der Waals surface area contributed by atoms with Crippen LogP contribution in [0.15, 0.2) is 48.5 Å². The van der Waals surface area contributed by atoms with Crippen LogP contribution in [0, 0.1) is 5.82 Å². The van der Waals surface area contributed by atoms with Crippen LogP contribution in [0.4, 0.5) is 4.39 Å². The van der Waals surface area contributed by atoms with Gasteiger partial charge in [-0.15, -0.1) is 11.8 Å². The Morgan fingerprint density at radius 1 is 0.923 bits per heavy atom. The predicted molar refractivity (Wildman–Crippen MR) is 96.5 cm³/mol. The molecule has 2 aromatic carbocycles. The zero-order valence-corrected chi connectivity index (χ0v) is 14.7. The summed E-state index contributed by atoms with van der Waals surface area (Å²) in [6.07, 6.45) is -3.41. The molecule has 1 saturated heterocycles. The first kappa shape index (κ1) is 19.1. The summed E-state index contributed by atoms with van der Waals surface area (Å²) < 4.78 is 19.0. The van der Waals surface area contributed by atoms with Gasteiger partial charge in [-0.3, -0.25) is 0 Å². The average Bonchev–Trinajstić information content (AvgIpc) is 2.65. The number of halogens is 1. The van der Waals surface area contributed by atoms with Crippen LogP contribution in [-0.2, 0) is 6.42 Å². The summed E-state index contributed by atoms with van der Waals surface area (Å²) in [5.41, 5.74) is 0.913. The van der Waals surface area contributed by atoms with Crippen molar-refractivity contribution in [2.45, 2.75) is 35.4 Å². The molecule has 26 heavy (non-hydrogen) atoms. The minimum atomic E-state index is -1.40. The highest BCUT2D eigenvalue weighted by atomic mass is 32.2. The molecular weight excluding hydrogens is 359 g/mol. The van der Waals surface area contributed by atoms with Crippen LogP contribution in [-0.4, -0.2) is 56.0 Å². The van der Waals surface area contributed by atoms with Crippen LogP contribution in [0.2, 0.25) is 0 Å². The lowest BCUT2D eigenvalue weighted by atomic mass is 10.0. The SMILES string of the molecule is OC[C@@H]1S[C@H](Oc2ccccc2Cc2ccc(F)cc2)[C@H](O)[C@@H](O)[C@@H]1O. The van der Waals surface area contributed by atoms with Crippen molar-refractivity contribution in [2.24, 2.45) is 0 Å². The topological polar surface area (TPSA) is 90.2 Å². The van der Waals surface area contributed by atoms with E-state index in [0.717, 1.165) is 22.9 Å². The lowest BCUT2D eigenvalue weighted by Gasteiger charge is -2.39. The zero-order chi connectivity index (χ0) is 18.7. The van der Waals surface area contributed by atoms with Crippen molar-refractivity contribution in [1.29, 1.82) is 0 Å². The molecule has 0 unspecified atom stereocenters. The van der Waals surface area contributed by atoms with E-state index in [1.165, 1.54) is 12.1 Å². The van der Waals surface area contributed by atoms with Gasteiger partial charge in [-0.1, -0.05) is 30.3 Å². The Morgan fingerprint density at radius 2 is 1.62 bits per heavy atom. The summed E-state index contributed by atoms with van der Waals surface area (Å²) >= 11 is 1.08. The highest BCUT2D eigenvalue weighted by molar-refractivity contribution is 8.00. The molecule has 0 spiro atoms. The van der Waals surface area contributed by atoms with Gasteiger partial charge >= 0.3 is 0 Å². The lowest BCUT2D eigenvalue weighted by Crippen LogP contribution is -2.55. The largest absolute Gasteiger partial charge is 0.477 e. The van der Waals surface area contributed by atoms with E-state index in [4.69, 9.17) is 4.74 Å². The number of para-hydroxylation sites is 1. The number of hydrogen-bond donors (Lipinski definition) is 4. The molecule has 1 aliphatic heterocycles. The zero-order valence-electron chi connectivity index (χ0n) is 13.9. The van der Waals surface area contributed by atoms with E-state index in [1.807, 2.05) is 12.1 Å². The average molecular weight is 380 g/mol. The maximum atomic E-state index is 13.1. The van der Waals surface area contributed by atoms with Crippen molar-refractivity contribution >= 4 is 11.8 Å². The third-order valence-corrected chi connectivity index (χ3v) is 5.79. The molecule has 0 radical (unpaired) electrons. The van der Waals surface area contributed by atoms with E-state index in [0.29, 0.717) is 12.2 Å². The summed E-state index contributed by atoms with van der Waals surface area (Å²) in [5, 5.41) is 38.8. The second-order valence-corrected chi connectivity index (χ2v) is 7.57. The molecule has 4 N–H and O–H groups in total. The predicted octanol–water partition coefficient (Wildman–Crippen LogP) is 1.31. The van der Waals surface area contributed by atoms with Gasteiger partial charge in [0.1, 0.15) is 23.8 Å². The maximum Gasteiger partial charge on any atom is 0.173 e. The second kappa shape index (κ2) is 8.37. The smallest absolute Gasteiger partial charge is 0.173 e. The Labute approximate surface area is 155 Å². The maximum absolute atomic E-state index is 13.1. The van der Waals surface area contributed by atoms with Crippen molar-refractivity contribution in [3.05, 3.63) is 65.5 Å². The van der Waals surface area contributed by atoms with Crippen molar-refractivity contribution in [3.63, 3.8) is 0 Å². The van der Waals surface area contributed by atoms with Crippen LogP contribution in [0.25, 0.3) is 0 Å². The second-order valence-electron chi connectivity index (χ2n) is 6.23. The van der Waals surface area contributed by atoms with Gasteiger partial charge in [0.25, 0.3) is 0 Å². The first-order valence-corrected chi connectivity index (χ1v) is 9.23. The van der Waals surface area contributed by atoms with Gasteiger partial charge in [-0.2, -0.15) is 0 Å². The standard InChI is InChI=1S/C19H21FO5S/c20-13-7-5-11(6-8-13)9-12-3-1-2-4-14(12)25-19-18(24)17(23)16(22)15(10-21)26-19/h1-8,15-19,21-24H,9-10H2/t15-,16+,17-,18+,19-/m0/s1. The normalized spacial score (nSPS) is 28.7. The summed E-state index contributed by atoms with van der Waals surface area (Å²) in [4.78, 5) is 0. The molecule has 0 aliphatic carbocycles. The minimum absolute atomic E-state index is 0.303. The van der Waals surface area contributed by atoms with Crippen molar-refractivity contribution in [3.8, 4) is 5.75 Å². The molecule has 7 heteroatoms. The number of aliphatic hydroxyl groups excluding tert-OH is 4. The molecule has 0 aromatic heterocycles. The number of thioether (sulfide) groups is 1. The van der Waals surface area contributed by atoms with Crippen LogP contribution in [0.3, 0.4) is 0 Å². The number of ether oxygens (including phenoxy) is 1. The van der Waals surface area contributed by atoms with Crippen LogP contribution in [0.1, 0.15) is 11.1 Å². The van der Waals surface area contributed by atoms with Gasteiger partial charge in [0.15, 0.2) is 5.44 Å². The molecule has 5 atom stereocenters. The molecule has 3 rings (SSSR count). The quantitative estimate of drug-likeness (QED) is 0.626. The Balaban J connectivity index is 1.78. The van der Waals surface area contributed by atoms with Crippen LogP contribution >= 0.6 is 11.8 Å². The van der Waals surface area contributed by atoms with Crippen LogP contribution in [0.5, 0.6) is 5.75 Å². The lowest BCUT2D eigenvalue weighted by molar-refractivity contribution is -0.0910. The minimum Gasteiger partial charge on any atom is -0.477 e. The number of hydrogen-bond acceptors (Lipinski definition) is 6. The molecule has 2 aromatic rings. The van der Waals surface area contributed by atoms with Gasteiger partial charge < -0.3 is 25.2 Å². The van der Waals surface area contributed by atoms with E-state index < -0.39 is 29.0 Å². The Morgan fingerprint density at radius 3 is 2.31 bits per heavy atom. The fraction of sp³-hybridized carbons (Fsp3) is 0.368. The molecular formula is C19H21FO5S. The molecule has 1 fully saturated rings. The van der Waals surface area contributed by atoms with Crippen molar-refractivity contribution in [1.82, 2.24) is 0 Å². The first-order valence-electron chi connectivity index (χ1n) is 8.29. The van der Waals surface area contributed by atoms with Gasteiger partial charge in [0.05, 0.1) is 18.0 Å². The molecule has 1 aliphatic rings. The first-order chi connectivity index (χ1) is 12.5. The van der Waals surface area contributed by atoms with Gasteiger partial charge in [-0.25, -0.2) is 4.39 Å². The summed E-state index contributed by atoms with van der Waals surface area (Å²) in [5.74, 6) is 0.219. The summed E-state index contributed by atoms with van der Waals surface area (Å²) in [6.45, 7) is -0.341.